The molecular weight excluding hydrogens is 328 g/mol. The largest absolute Gasteiger partial charge is 0.322 e. The quantitative estimate of drug-likeness (QED) is 0.851. The average Bonchev–Trinajstić information content (AvgIpc) is 2.38. The third kappa shape index (κ3) is 3.04. The van der Waals surface area contributed by atoms with Gasteiger partial charge in [0, 0.05) is 16.2 Å². The number of aryl methyl sites for hydroxylation is 2. The molecule has 0 radical (unpaired) electrons. The van der Waals surface area contributed by atoms with Crippen LogP contribution in [-0.4, -0.2) is 5.91 Å². The Balaban J connectivity index is 2.28. The summed E-state index contributed by atoms with van der Waals surface area (Å²) >= 11 is 3.36. The SMILES string of the molecule is Cc1cc(C(=O)Nc2ccc(Br)c(C)c2)c(F)cc1F. The monoisotopic (exact) mass is 339 g/mol. The predicted octanol–water partition coefficient (Wildman–Crippen LogP) is 4.60. The Morgan fingerprint density at radius 1 is 1.05 bits per heavy atom. The number of hydrogen-bond acceptors (Lipinski definition) is 1. The van der Waals surface area contributed by atoms with Crippen molar-refractivity contribution in [2.24, 2.45) is 0 Å². The van der Waals surface area contributed by atoms with Gasteiger partial charge in [-0.1, -0.05) is 15.9 Å². The Kier molecular flexibility index (Phi) is 4.18. The maximum Gasteiger partial charge on any atom is 0.258 e. The molecule has 0 aliphatic carbocycles. The minimum Gasteiger partial charge on any atom is -0.322 e. The van der Waals surface area contributed by atoms with Crippen LogP contribution >= 0.6 is 15.9 Å². The maximum atomic E-state index is 13.6. The van der Waals surface area contributed by atoms with Gasteiger partial charge in [-0.05, 0) is 49.2 Å². The van der Waals surface area contributed by atoms with Crippen molar-refractivity contribution in [1.82, 2.24) is 0 Å². The molecule has 0 aliphatic heterocycles. The molecule has 2 aromatic carbocycles. The topological polar surface area (TPSA) is 29.1 Å². The van der Waals surface area contributed by atoms with Crippen LogP contribution in [0.5, 0.6) is 0 Å². The molecule has 0 aromatic heterocycles. The summed E-state index contributed by atoms with van der Waals surface area (Å²) < 4.78 is 27.7. The van der Waals surface area contributed by atoms with Gasteiger partial charge in [0.15, 0.2) is 0 Å². The van der Waals surface area contributed by atoms with Crippen LogP contribution in [0.1, 0.15) is 21.5 Å². The van der Waals surface area contributed by atoms with E-state index in [0.29, 0.717) is 5.69 Å². The molecule has 0 bridgehead atoms. The standard InChI is InChI=1S/C15H12BrF2NO/c1-8-5-10(3-4-12(8)16)19-15(20)11-6-9(2)13(17)7-14(11)18/h3-7H,1-2H3,(H,19,20). The highest BCUT2D eigenvalue weighted by Gasteiger charge is 2.15. The second-order valence-corrected chi connectivity index (χ2v) is 5.35. The highest BCUT2D eigenvalue weighted by atomic mass is 79.9. The molecule has 0 atom stereocenters. The van der Waals surface area contributed by atoms with Gasteiger partial charge >= 0.3 is 0 Å². The zero-order chi connectivity index (χ0) is 14.9. The van der Waals surface area contributed by atoms with Crippen molar-refractivity contribution in [2.45, 2.75) is 13.8 Å². The second-order valence-electron chi connectivity index (χ2n) is 4.50. The lowest BCUT2D eigenvalue weighted by molar-refractivity contribution is 0.102. The number of hydrogen-bond donors (Lipinski definition) is 1. The molecule has 0 saturated heterocycles. The fourth-order valence-electron chi connectivity index (χ4n) is 1.75. The molecule has 104 valence electrons. The third-order valence-corrected chi connectivity index (χ3v) is 3.80. The van der Waals surface area contributed by atoms with E-state index in [2.05, 4.69) is 21.2 Å². The van der Waals surface area contributed by atoms with Gasteiger partial charge in [0.25, 0.3) is 5.91 Å². The van der Waals surface area contributed by atoms with Gasteiger partial charge in [0.05, 0.1) is 5.56 Å². The molecule has 0 heterocycles. The summed E-state index contributed by atoms with van der Waals surface area (Å²) in [5.74, 6) is -2.15. The number of nitrogens with one attached hydrogen (secondary N) is 1. The summed E-state index contributed by atoms with van der Waals surface area (Å²) in [5.41, 5.74) is 1.55. The molecule has 0 saturated carbocycles. The van der Waals surface area contributed by atoms with Gasteiger partial charge in [-0.15, -0.1) is 0 Å². The Morgan fingerprint density at radius 3 is 2.40 bits per heavy atom. The highest BCUT2D eigenvalue weighted by molar-refractivity contribution is 9.10. The second kappa shape index (κ2) is 5.71. The lowest BCUT2D eigenvalue weighted by Crippen LogP contribution is -2.14. The number of rotatable bonds is 2. The molecule has 1 amide bonds. The lowest BCUT2D eigenvalue weighted by Gasteiger charge is -2.09. The van der Waals surface area contributed by atoms with Crippen LogP contribution in [0.3, 0.4) is 0 Å². The van der Waals surface area contributed by atoms with E-state index in [1.807, 2.05) is 6.92 Å². The van der Waals surface area contributed by atoms with E-state index >= 15 is 0 Å². The van der Waals surface area contributed by atoms with Gasteiger partial charge < -0.3 is 5.32 Å². The molecule has 1 N–H and O–H groups in total. The molecule has 5 heteroatoms. The molecular formula is C15H12BrF2NO. The van der Waals surface area contributed by atoms with Gasteiger partial charge in [0.2, 0.25) is 0 Å². The third-order valence-electron chi connectivity index (χ3n) is 2.91. The fraction of sp³-hybridized carbons (Fsp3) is 0.133. The number of carbonyl (C=O) groups excluding carboxylic acids is 1. The van der Waals surface area contributed by atoms with Crippen molar-refractivity contribution in [1.29, 1.82) is 0 Å². The molecule has 2 rings (SSSR count). The van der Waals surface area contributed by atoms with Crippen LogP contribution in [0, 0.1) is 25.5 Å². The van der Waals surface area contributed by atoms with E-state index in [1.54, 1.807) is 18.2 Å². The normalized spacial score (nSPS) is 10.4. The Bertz CT molecular complexity index is 686. The molecule has 2 aromatic rings. The predicted molar refractivity (Wildman–Crippen MR) is 77.9 cm³/mol. The number of benzene rings is 2. The van der Waals surface area contributed by atoms with E-state index in [9.17, 15) is 13.6 Å². The van der Waals surface area contributed by atoms with Gasteiger partial charge in [-0.2, -0.15) is 0 Å². The van der Waals surface area contributed by atoms with Crippen LogP contribution in [0.2, 0.25) is 0 Å². The van der Waals surface area contributed by atoms with Crippen LogP contribution in [0.15, 0.2) is 34.8 Å². The van der Waals surface area contributed by atoms with E-state index in [1.165, 1.54) is 13.0 Å². The first kappa shape index (κ1) is 14.7. The first-order valence-corrected chi connectivity index (χ1v) is 6.71. The average molecular weight is 340 g/mol. The van der Waals surface area contributed by atoms with Crippen LogP contribution in [-0.2, 0) is 0 Å². The zero-order valence-corrected chi connectivity index (χ0v) is 12.5. The van der Waals surface area contributed by atoms with Crippen molar-refractivity contribution < 1.29 is 13.6 Å². The minimum atomic E-state index is -0.876. The summed E-state index contributed by atoms with van der Waals surface area (Å²) in [6.07, 6.45) is 0. The van der Waals surface area contributed by atoms with Crippen molar-refractivity contribution >= 4 is 27.5 Å². The van der Waals surface area contributed by atoms with Crippen molar-refractivity contribution in [3.63, 3.8) is 0 Å². The summed E-state index contributed by atoms with van der Waals surface area (Å²) in [6.45, 7) is 3.36. The number of halogens is 3. The summed E-state index contributed by atoms with van der Waals surface area (Å²) in [7, 11) is 0. The molecule has 0 fully saturated rings. The first-order valence-electron chi connectivity index (χ1n) is 5.91. The first-order chi connectivity index (χ1) is 9.38. The zero-order valence-electron chi connectivity index (χ0n) is 10.9. The van der Waals surface area contributed by atoms with Crippen molar-refractivity contribution in [2.75, 3.05) is 5.32 Å². The molecule has 20 heavy (non-hydrogen) atoms. The van der Waals surface area contributed by atoms with E-state index < -0.39 is 17.5 Å². The summed E-state index contributed by atoms with van der Waals surface area (Å²) in [6, 6.07) is 7.17. The number of amides is 1. The molecule has 0 aliphatic rings. The van der Waals surface area contributed by atoms with Crippen LogP contribution in [0.25, 0.3) is 0 Å². The highest BCUT2D eigenvalue weighted by Crippen LogP contribution is 2.21. The molecule has 2 nitrogen and oxygen atoms in total. The summed E-state index contributed by atoms with van der Waals surface area (Å²) in [4.78, 5) is 12.0. The smallest absolute Gasteiger partial charge is 0.258 e. The minimum absolute atomic E-state index is 0.176. The van der Waals surface area contributed by atoms with E-state index in [-0.39, 0.29) is 11.1 Å². The Hall–Kier alpha value is -1.75. The number of carbonyl (C=O) groups is 1. The molecule has 0 unspecified atom stereocenters. The number of anilines is 1. The Morgan fingerprint density at radius 2 is 1.75 bits per heavy atom. The van der Waals surface area contributed by atoms with Crippen LogP contribution < -0.4 is 5.32 Å². The van der Waals surface area contributed by atoms with Crippen LogP contribution in [0.4, 0.5) is 14.5 Å². The van der Waals surface area contributed by atoms with Crippen molar-refractivity contribution in [3.05, 3.63) is 63.1 Å². The summed E-state index contributed by atoms with van der Waals surface area (Å²) in [5, 5.41) is 2.59. The Labute approximate surface area is 123 Å². The van der Waals surface area contributed by atoms with E-state index in [0.717, 1.165) is 16.1 Å². The molecule has 0 spiro atoms. The van der Waals surface area contributed by atoms with E-state index in [4.69, 9.17) is 0 Å². The lowest BCUT2D eigenvalue weighted by atomic mass is 10.1. The van der Waals surface area contributed by atoms with Gasteiger partial charge in [-0.25, -0.2) is 8.78 Å². The fourth-order valence-corrected chi connectivity index (χ4v) is 2.00. The van der Waals surface area contributed by atoms with Gasteiger partial charge in [-0.3, -0.25) is 4.79 Å². The maximum absolute atomic E-state index is 13.6. The van der Waals surface area contributed by atoms with Crippen molar-refractivity contribution in [3.8, 4) is 0 Å². The van der Waals surface area contributed by atoms with Gasteiger partial charge in [0.1, 0.15) is 11.6 Å².